The maximum absolute atomic E-state index is 12.8. The van der Waals surface area contributed by atoms with Crippen molar-refractivity contribution in [3.8, 4) is 0 Å². The van der Waals surface area contributed by atoms with Crippen LogP contribution >= 0.6 is 0 Å². The second kappa shape index (κ2) is 10.9. The molecule has 4 nitrogen and oxygen atoms in total. The van der Waals surface area contributed by atoms with Gasteiger partial charge >= 0.3 is 0 Å². The standard InChI is InChI=1S/C28H46O4S/c1-6-27(4,31)14-15-33(32)18-19(2)24-11-12-25-21(8-7-13-28(24,25)5)9-10-22-16-23(29)17-26(30)20(22)3/h9-10,19,23-26,29-31H,3,6-8,11-18H2,1-2,4-5H3/b21-9+,22-10-/t19-,23+,24?,25?,26-,27?,28+,33?/m0/s1. The number of hydrogen-bond acceptors (Lipinski definition) is 4. The molecule has 0 saturated heterocycles. The van der Waals surface area contributed by atoms with E-state index in [9.17, 15) is 19.5 Å². The Hall–Kier alpha value is -0.750. The summed E-state index contributed by atoms with van der Waals surface area (Å²) in [5.74, 6) is 2.84. The molecule has 0 radical (unpaired) electrons. The normalized spacial score (nSPS) is 38.8. The van der Waals surface area contributed by atoms with Gasteiger partial charge < -0.3 is 15.3 Å². The molecule has 8 atom stereocenters. The third-order valence-electron chi connectivity index (χ3n) is 9.07. The molecule has 0 heterocycles. The fourth-order valence-electron chi connectivity index (χ4n) is 6.68. The molecule has 0 aromatic heterocycles. The maximum atomic E-state index is 12.8. The van der Waals surface area contributed by atoms with Gasteiger partial charge in [-0.1, -0.05) is 45.1 Å². The van der Waals surface area contributed by atoms with Crippen LogP contribution in [0.1, 0.15) is 85.5 Å². The molecule has 3 aliphatic carbocycles. The molecule has 33 heavy (non-hydrogen) atoms. The van der Waals surface area contributed by atoms with Gasteiger partial charge in [0, 0.05) is 28.7 Å². The van der Waals surface area contributed by atoms with Crippen LogP contribution in [0, 0.1) is 23.2 Å². The molecular weight excluding hydrogens is 432 g/mol. The Bertz CT molecular complexity index is 798. The maximum Gasteiger partial charge on any atom is 0.0811 e. The zero-order valence-electron chi connectivity index (χ0n) is 21.2. The van der Waals surface area contributed by atoms with Crippen LogP contribution in [0.3, 0.4) is 0 Å². The summed E-state index contributed by atoms with van der Waals surface area (Å²) in [7, 11) is -0.892. The molecular formula is C28H46O4S. The molecule has 3 rings (SSSR count). The number of aliphatic hydroxyl groups is 3. The lowest BCUT2D eigenvalue weighted by molar-refractivity contribution is 0.0530. The topological polar surface area (TPSA) is 77.8 Å². The predicted octanol–water partition coefficient (Wildman–Crippen LogP) is 5.06. The second-order valence-corrected chi connectivity index (χ2v) is 13.2. The van der Waals surface area contributed by atoms with Crippen LogP contribution < -0.4 is 0 Å². The number of rotatable bonds is 8. The Kier molecular flexibility index (Phi) is 8.86. The average Bonchev–Trinajstić information content (AvgIpc) is 3.11. The summed E-state index contributed by atoms with van der Waals surface area (Å²) < 4.78 is 12.8. The van der Waals surface area contributed by atoms with Crippen molar-refractivity contribution in [3.63, 3.8) is 0 Å². The highest BCUT2D eigenvalue weighted by Crippen LogP contribution is 2.59. The van der Waals surface area contributed by atoms with Crippen LogP contribution in [0.5, 0.6) is 0 Å². The van der Waals surface area contributed by atoms with E-state index in [-0.39, 0.29) is 5.41 Å². The van der Waals surface area contributed by atoms with Crippen molar-refractivity contribution in [3.05, 3.63) is 35.5 Å². The molecule has 0 spiro atoms. The van der Waals surface area contributed by atoms with Gasteiger partial charge in [-0.3, -0.25) is 4.21 Å². The van der Waals surface area contributed by atoms with Crippen molar-refractivity contribution in [1.82, 2.24) is 0 Å². The molecule has 0 aliphatic heterocycles. The van der Waals surface area contributed by atoms with Crippen molar-refractivity contribution < 1.29 is 19.5 Å². The number of allylic oxidation sites excluding steroid dienone is 3. The van der Waals surface area contributed by atoms with Crippen LogP contribution in [-0.2, 0) is 10.8 Å². The molecule has 3 aliphatic rings. The van der Waals surface area contributed by atoms with E-state index in [1.54, 1.807) is 0 Å². The lowest BCUT2D eigenvalue weighted by atomic mass is 9.61. The van der Waals surface area contributed by atoms with Crippen molar-refractivity contribution in [2.45, 2.75) is 103 Å². The second-order valence-electron chi connectivity index (χ2n) is 11.6. The van der Waals surface area contributed by atoms with Crippen LogP contribution in [0.4, 0.5) is 0 Å². The van der Waals surface area contributed by atoms with Crippen LogP contribution in [0.15, 0.2) is 35.5 Å². The monoisotopic (exact) mass is 478 g/mol. The van der Waals surface area contributed by atoms with Crippen LogP contribution in [-0.4, -0.2) is 48.8 Å². The molecule has 3 saturated carbocycles. The fraction of sp³-hybridized carbons (Fsp3) is 0.786. The Balaban J connectivity index is 1.67. The number of fused-ring (bicyclic) bond motifs is 1. The van der Waals surface area contributed by atoms with E-state index in [0.29, 0.717) is 49.2 Å². The quantitative estimate of drug-likeness (QED) is 0.455. The highest BCUT2D eigenvalue weighted by molar-refractivity contribution is 7.84. The average molecular weight is 479 g/mol. The fourth-order valence-corrected chi connectivity index (χ4v) is 8.34. The Morgan fingerprint density at radius 2 is 2.03 bits per heavy atom. The first-order chi connectivity index (χ1) is 15.5. The zero-order valence-corrected chi connectivity index (χ0v) is 22.0. The molecule has 3 fully saturated rings. The van der Waals surface area contributed by atoms with Gasteiger partial charge in [0.15, 0.2) is 0 Å². The van der Waals surface area contributed by atoms with Crippen LogP contribution in [0.2, 0.25) is 0 Å². The van der Waals surface area contributed by atoms with Gasteiger partial charge in [-0.25, -0.2) is 0 Å². The van der Waals surface area contributed by atoms with E-state index < -0.39 is 28.6 Å². The van der Waals surface area contributed by atoms with Gasteiger partial charge in [-0.05, 0) is 92.6 Å². The number of hydrogen-bond donors (Lipinski definition) is 3. The highest BCUT2D eigenvalue weighted by Gasteiger charge is 2.50. The third kappa shape index (κ3) is 6.28. The first-order valence-electron chi connectivity index (χ1n) is 13.0. The predicted molar refractivity (Wildman–Crippen MR) is 137 cm³/mol. The van der Waals surface area contributed by atoms with E-state index in [2.05, 4.69) is 32.6 Å². The molecule has 188 valence electrons. The third-order valence-corrected chi connectivity index (χ3v) is 10.6. The molecule has 0 bridgehead atoms. The smallest absolute Gasteiger partial charge is 0.0811 e. The summed E-state index contributed by atoms with van der Waals surface area (Å²) in [6.45, 7) is 12.6. The molecule has 0 aromatic carbocycles. The summed E-state index contributed by atoms with van der Waals surface area (Å²) >= 11 is 0. The first kappa shape index (κ1) is 26.8. The summed E-state index contributed by atoms with van der Waals surface area (Å²) in [6, 6.07) is 0. The Morgan fingerprint density at radius 3 is 2.73 bits per heavy atom. The van der Waals surface area contributed by atoms with Gasteiger partial charge in [0.2, 0.25) is 0 Å². The minimum atomic E-state index is -0.892. The van der Waals surface area contributed by atoms with Crippen molar-refractivity contribution in [2.24, 2.45) is 23.2 Å². The first-order valence-corrected chi connectivity index (χ1v) is 14.5. The summed E-state index contributed by atoms with van der Waals surface area (Å²) in [5, 5.41) is 30.5. The summed E-state index contributed by atoms with van der Waals surface area (Å²) in [4.78, 5) is 0. The largest absolute Gasteiger partial charge is 0.393 e. The Labute approximate surface area is 203 Å². The number of aliphatic hydroxyl groups excluding tert-OH is 2. The summed E-state index contributed by atoms with van der Waals surface area (Å²) in [5.41, 5.74) is 2.74. The van der Waals surface area contributed by atoms with E-state index in [1.165, 1.54) is 31.3 Å². The van der Waals surface area contributed by atoms with Gasteiger partial charge in [-0.2, -0.15) is 0 Å². The molecule has 4 unspecified atom stereocenters. The van der Waals surface area contributed by atoms with Gasteiger partial charge in [0.05, 0.1) is 17.8 Å². The zero-order chi connectivity index (χ0) is 24.4. The molecule has 0 amide bonds. The van der Waals surface area contributed by atoms with Crippen molar-refractivity contribution in [2.75, 3.05) is 11.5 Å². The van der Waals surface area contributed by atoms with E-state index >= 15 is 0 Å². The highest BCUT2D eigenvalue weighted by atomic mass is 32.2. The minimum absolute atomic E-state index is 0.240. The lowest BCUT2D eigenvalue weighted by Gasteiger charge is -2.44. The minimum Gasteiger partial charge on any atom is -0.393 e. The Morgan fingerprint density at radius 1 is 1.30 bits per heavy atom. The van der Waals surface area contributed by atoms with E-state index in [1.807, 2.05) is 13.8 Å². The molecule has 0 aromatic rings. The van der Waals surface area contributed by atoms with Crippen molar-refractivity contribution in [1.29, 1.82) is 0 Å². The van der Waals surface area contributed by atoms with Gasteiger partial charge in [0.25, 0.3) is 0 Å². The van der Waals surface area contributed by atoms with Gasteiger partial charge in [0.1, 0.15) is 0 Å². The van der Waals surface area contributed by atoms with E-state index in [4.69, 9.17) is 0 Å². The van der Waals surface area contributed by atoms with Crippen LogP contribution in [0.25, 0.3) is 0 Å². The SMILES string of the molecule is C=C1/C(=C\C=C2/CCC[C@@]3(C)C2CCC3[C@@H](C)CS(=O)CCC(C)(O)CC)C[C@@H](O)C[C@@H]1O. The summed E-state index contributed by atoms with van der Waals surface area (Å²) in [6.07, 6.45) is 11.3. The lowest BCUT2D eigenvalue weighted by Crippen LogP contribution is -2.37. The van der Waals surface area contributed by atoms with E-state index in [0.717, 1.165) is 23.3 Å². The van der Waals surface area contributed by atoms with Gasteiger partial charge in [-0.15, -0.1) is 0 Å². The molecule has 3 N–H and O–H groups in total. The molecule has 5 heteroatoms. The van der Waals surface area contributed by atoms with Crippen molar-refractivity contribution >= 4 is 10.8 Å².